The Hall–Kier alpha value is -7.88. The molecular weight excluding hydrogens is 1000 g/mol. The minimum absolute atomic E-state index is 0.0557. The summed E-state index contributed by atoms with van der Waals surface area (Å²) in [6.07, 6.45) is -15.7. The van der Waals surface area contributed by atoms with Gasteiger partial charge in [-0.1, -0.05) is 65.8 Å². The third-order valence-corrected chi connectivity index (χ3v) is 14.2. The molecule has 0 saturated heterocycles. The van der Waals surface area contributed by atoms with Gasteiger partial charge in [0, 0.05) is 56.4 Å². The van der Waals surface area contributed by atoms with E-state index in [0.29, 0.717) is 55.4 Å². The second-order valence-corrected chi connectivity index (χ2v) is 21.2. The first-order valence-electron chi connectivity index (χ1n) is 23.9. The van der Waals surface area contributed by atoms with Crippen LogP contribution in [-0.4, -0.2) is 19.1 Å². The van der Waals surface area contributed by atoms with Gasteiger partial charge in [0.1, 0.15) is 0 Å². The highest BCUT2D eigenvalue weighted by atomic mass is 19.4. The second kappa shape index (κ2) is 16.8. The van der Waals surface area contributed by atoms with Gasteiger partial charge in [-0.25, -0.2) is 0 Å². The SMILES string of the molecule is CC(C)(C)c1ccc(-c2c3ccc(-n4c5ccc(C(F)(F)F)cc5c5cc(C(F)(F)F)ccc54)cc3c(-c3ccc(C(C)(C)C)cn3)c3ccc(-n4c5ccc(C(F)(F)F)cc5c5cc(C(F)(F)F)ccc54)cc23)nc1. The van der Waals surface area contributed by atoms with Crippen molar-refractivity contribution in [2.45, 2.75) is 77.1 Å². The Balaban J connectivity index is 1.26. The molecule has 0 aliphatic carbocycles. The number of rotatable bonds is 4. The zero-order chi connectivity index (χ0) is 54.4. The molecule has 0 amide bonds. The highest BCUT2D eigenvalue weighted by molar-refractivity contribution is 6.22. The van der Waals surface area contributed by atoms with Crippen molar-refractivity contribution in [3.63, 3.8) is 0 Å². The molecule has 4 nitrogen and oxygen atoms in total. The van der Waals surface area contributed by atoms with Crippen LogP contribution in [0.2, 0.25) is 0 Å². The van der Waals surface area contributed by atoms with E-state index in [1.807, 2.05) is 77.9 Å². The van der Waals surface area contributed by atoms with Crippen molar-refractivity contribution in [2.75, 3.05) is 0 Å². The summed E-state index contributed by atoms with van der Waals surface area (Å²) in [4.78, 5) is 10.0. The molecule has 0 fully saturated rings. The molecule has 4 aromatic heterocycles. The topological polar surface area (TPSA) is 35.6 Å². The smallest absolute Gasteiger partial charge is 0.309 e. The third-order valence-electron chi connectivity index (χ3n) is 14.2. The van der Waals surface area contributed by atoms with Gasteiger partial charge in [-0.3, -0.25) is 9.97 Å². The molecule has 0 radical (unpaired) electrons. The van der Waals surface area contributed by atoms with Crippen molar-refractivity contribution >= 4 is 65.2 Å². The van der Waals surface area contributed by atoms with Gasteiger partial charge in [-0.15, -0.1) is 0 Å². The summed E-state index contributed by atoms with van der Waals surface area (Å²) in [6, 6.07) is 30.1. The summed E-state index contributed by atoms with van der Waals surface area (Å²) in [5.41, 5.74) is 0.725. The maximum atomic E-state index is 14.2. The van der Waals surface area contributed by atoms with E-state index in [1.165, 1.54) is 24.3 Å². The average molecular weight is 1050 g/mol. The minimum atomic E-state index is -4.80. The summed E-state index contributed by atoms with van der Waals surface area (Å²) in [5.74, 6) is 0. The number of nitrogens with zero attached hydrogens (tertiary/aromatic N) is 4. The van der Waals surface area contributed by atoms with E-state index in [2.05, 4.69) is 0 Å². The molecular formula is C60H42F12N4. The predicted molar refractivity (Wildman–Crippen MR) is 274 cm³/mol. The van der Waals surface area contributed by atoms with Crippen molar-refractivity contribution in [3.8, 4) is 33.9 Å². The maximum absolute atomic E-state index is 14.2. The molecule has 386 valence electrons. The first kappa shape index (κ1) is 50.3. The molecule has 4 heterocycles. The summed E-state index contributed by atoms with van der Waals surface area (Å²) < 4.78 is 174. The Bertz CT molecular complexity index is 3750. The lowest BCUT2D eigenvalue weighted by Gasteiger charge is -2.22. The monoisotopic (exact) mass is 1050 g/mol. The Morgan fingerprint density at radius 1 is 0.289 bits per heavy atom. The first-order valence-corrected chi connectivity index (χ1v) is 23.9. The number of pyridine rings is 2. The van der Waals surface area contributed by atoms with E-state index in [-0.39, 0.29) is 54.4 Å². The van der Waals surface area contributed by atoms with Crippen molar-refractivity contribution in [3.05, 3.63) is 179 Å². The summed E-state index contributed by atoms with van der Waals surface area (Å²) in [6.45, 7) is 12.2. The molecule has 0 atom stereocenters. The molecule has 7 aromatic carbocycles. The van der Waals surface area contributed by atoms with Gasteiger partial charge in [0.05, 0.1) is 55.7 Å². The third kappa shape index (κ3) is 8.45. The molecule has 0 unspecified atom stereocenters. The van der Waals surface area contributed by atoms with Crippen molar-refractivity contribution < 1.29 is 52.7 Å². The van der Waals surface area contributed by atoms with Crippen LogP contribution in [0.3, 0.4) is 0 Å². The molecule has 11 aromatic rings. The molecule has 0 bridgehead atoms. The Labute approximate surface area is 425 Å². The van der Waals surface area contributed by atoms with Gasteiger partial charge < -0.3 is 9.13 Å². The Morgan fingerprint density at radius 3 is 0.803 bits per heavy atom. The molecule has 16 heteroatoms. The molecule has 0 aliphatic heterocycles. The van der Waals surface area contributed by atoms with Crippen LogP contribution in [0.25, 0.3) is 99.0 Å². The highest BCUT2D eigenvalue weighted by Gasteiger charge is 2.36. The van der Waals surface area contributed by atoms with Crippen LogP contribution in [0.5, 0.6) is 0 Å². The van der Waals surface area contributed by atoms with Crippen LogP contribution in [0.15, 0.2) is 146 Å². The van der Waals surface area contributed by atoms with Crippen LogP contribution < -0.4 is 0 Å². The quantitative estimate of drug-likeness (QED) is 0.130. The van der Waals surface area contributed by atoms with Gasteiger partial charge in [0.2, 0.25) is 0 Å². The number of halogens is 12. The lowest BCUT2D eigenvalue weighted by Crippen LogP contribution is -2.11. The lowest BCUT2D eigenvalue weighted by atomic mass is 9.85. The number of fused-ring (bicyclic) bond motifs is 8. The zero-order valence-corrected chi connectivity index (χ0v) is 41.2. The first-order chi connectivity index (χ1) is 35.5. The normalized spacial score (nSPS) is 13.4. The van der Waals surface area contributed by atoms with Gasteiger partial charge in [0.25, 0.3) is 0 Å². The summed E-state index contributed by atoms with van der Waals surface area (Å²) in [7, 11) is 0. The van der Waals surface area contributed by atoms with E-state index in [9.17, 15) is 52.7 Å². The van der Waals surface area contributed by atoms with Gasteiger partial charge in [-0.2, -0.15) is 52.7 Å². The van der Waals surface area contributed by atoms with Crippen LogP contribution >= 0.6 is 0 Å². The van der Waals surface area contributed by atoms with Crippen LogP contribution in [-0.2, 0) is 35.5 Å². The number of hydrogen-bond acceptors (Lipinski definition) is 2. The summed E-state index contributed by atoms with van der Waals surface area (Å²) >= 11 is 0. The fourth-order valence-electron chi connectivity index (χ4n) is 10.3. The molecule has 0 saturated carbocycles. The van der Waals surface area contributed by atoms with Gasteiger partial charge >= 0.3 is 24.7 Å². The number of aromatic nitrogens is 4. The van der Waals surface area contributed by atoms with Crippen molar-refractivity contribution in [1.29, 1.82) is 0 Å². The molecule has 0 aliphatic rings. The van der Waals surface area contributed by atoms with Crippen LogP contribution in [0, 0.1) is 0 Å². The highest BCUT2D eigenvalue weighted by Crippen LogP contribution is 2.48. The lowest BCUT2D eigenvalue weighted by molar-refractivity contribution is -0.138. The average Bonchev–Trinajstić information content (AvgIpc) is 3.99. The van der Waals surface area contributed by atoms with E-state index in [1.54, 1.807) is 45.8 Å². The van der Waals surface area contributed by atoms with Gasteiger partial charge in [0.15, 0.2) is 0 Å². The number of hydrogen-bond donors (Lipinski definition) is 0. The second-order valence-electron chi connectivity index (χ2n) is 21.2. The van der Waals surface area contributed by atoms with Crippen molar-refractivity contribution in [1.82, 2.24) is 19.1 Å². The Kier molecular flexibility index (Phi) is 11.1. The van der Waals surface area contributed by atoms with Crippen molar-refractivity contribution in [2.24, 2.45) is 0 Å². The maximum Gasteiger partial charge on any atom is 0.416 e. The largest absolute Gasteiger partial charge is 0.416 e. The van der Waals surface area contributed by atoms with E-state index >= 15 is 0 Å². The number of alkyl halides is 12. The van der Waals surface area contributed by atoms with E-state index in [4.69, 9.17) is 9.97 Å². The van der Waals surface area contributed by atoms with Gasteiger partial charge in [-0.05, 0) is 153 Å². The van der Waals surface area contributed by atoms with Crippen LogP contribution in [0.1, 0.15) is 74.9 Å². The molecule has 0 spiro atoms. The standard InChI is InChI=1S/C60H42F12N4/c1-55(2,3)35-7-17-47(73-29-35)53-39-15-13-38(76-51-21-11-33(59(67,68)69)25-43(51)44-26-34(60(70,71)72)12-22-52(44)76)28-46(39)54(48-18-8-36(30-74-48)56(4,5)6)40-16-14-37(27-45(40)53)75-49-19-9-31(57(61,62)63)23-41(49)42-24-32(58(64,65)66)10-20-50(42)75/h7-30H,1-6H3. The van der Waals surface area contributed by atoms with E-state index < -0.39 is 47.0 Å². The minimum Gasteiger partial charge on any atom is -0.309 e. The molecule has 76 heavy (non-hydrogen) atoms. The number of benzene rings is 7. The molecule has 11 rings (SSSR count). The fourth-order valence-corrected chi connectivity index (χ4v) is 10.3. The zero-order valence-electron chi connectivity index (χ0n) is 41.2. The molecule has 0 N–H and O–H groups in total. The summed E-state index contributed by atoms with van der Waals surface area (Å²) in [5, 5.41) is 2.09. The fraction of sp³-hybridized carbons (Fsp3) is 0.200. The Morgan fingerprint density at radius 2 is 0.566 bits per heavy atom. The van der Waals surface area contributed by atoms with E-state index in [0.717, 1.165) is 59.7 Å². The predicted octanol–water partition coefficient (Wildman–Crippen LogP) is 19.0. The van der Waals surface area contributed by atoms with Crippen LogP contribution in [0.4, 0.5) is 52.7 Å².